The van der Waals surface area contributed by atoms with E-state index in [2.05, 4.69) is 35.2 Å². The maximum absolute atomic E-state index is 11.1. The monoisotopic (exact) mass is 251 g/mol. The minimum absolute atomic E-state index is 0.793. The summed E-state index contributed by atoms with van der Waals surface area (Å²) in [7, 11) is 0. The Morgan fingerprint density at radius 1 is 1.11 bits per heavy atom. The summed E-state index contributed by atoms with van der Waals surface area (Å²) in [4.78, 5) is 13.5. The van der Waals surface area contributed by atoms with Gasteiger partial charge in [-0.05, 0) is 43.0 Å². The highest BCUT2D eigenvalue weighted by Crippen LogP contribution is 2.36. The Bertz CT molecular complexity index is 604. The highest BCUT2D eigenvalue weighted by molar-refractivity contribution is 5.84. The summed E-state index contributed by atoms with van der Waals surface area (Å²) < 4.78 is 0. The molecule has 2 heteroatoms. The molecule has 3 rings (SSSR count). The van der Waals surface area contributed by atoms with E-state index >= 15 is 0 Å². The molecule has 0 radical (unpaired) electrons. The Kier molecular flexibility index (Phi) is 3.08. The molecule has 0 N–H and O–H groups in total. The predicted octanol–water partition coefficient (Wildman–Crippen LogP) is 3.89. The largest absolute Gasteiger partial charge is 0.341 e. The lowest BCUT2D eigenvalue weighted by atomic mass is 9.94. The van der Waals surface area contributed by atoms with Crippen molar-refractivity contribution in [1.82, 2.24) is 0 Å². The number of benzene rings is 2. The van der Waals surface area contributed by atoms with Gasteiger partial charge in [0.25, 0.3) is 0 Å². The van der Waals surface area contributed by atoms with Crippen LogP contribution >= 0.6 is 0 Å². The molecule has 0 fully saturated rings. The molecular weight excluding hydrogens is 234 g/mol. The molecule has 2 aromatic carbocycles. The minimum atomic E-state index is 0.793. The molecule has 0 saturated heterocycles. The van der Waals surface area contributed by atoms with Crippen LogP contribution in [0, 0.1) is 6.92 Å². The van der Waals surface area contributed by atoms with Crippen LogP contribution in [0.2, 0.25) is 0 Å². The standard InChI is InChI=1S/C17H17NO/c1-13-15(12-19)10-9-14-6-5-11-18(17(13)14)16-7-3-2-4-8-16/h2-4,7-10,12H,5-6,11H2,1H3. The van der Waals surface area contributed by atoms with Gasteiger partial charge in [0.05, 0.1) is 0 Å². The number of hydrogen-bond donors (Lipinski definition) is 0. The maximum atomic E-state index is 11.1. The minimum Gasteiger partial charge on any atom is -0.341 e. The number of aldehydes is 1. The third kappa shape index (κ3) is 2.03. The smallest absolute Gasteiger partial charge is 0.150 e. The number of hydrogen-bond acceptors (Lipinski definition) is 2. The van der Waals surface area contributed by atoms with E-state index in [4.69, 9.17) is 0 Å². The Morgan fingerprint density at radius 2 is 1.89 bits per heavy atom. The second kappa shape index (κ2) is 4.88. The van der Waals surface area contributed by atoms with Crippen LogP contribution in [0.5, 0.6) is 0 Å². The Morgan fingerprint density at radius 3 is 2.63 bits per heavy atom. The molecule has 1 heterocycles. The zero-order valence-corrected chi connectivity index (χ0v) is 11.1. The third-order valence-electron chi connectivity index (χ3n) is 3.85. The molecule has 0 unspecified atom stereocenters. The predicted molar refractivity (Wildman–Crippen MR) is 78.3 cm³/mol. The lowest BCUT2D eigenvalue weighted by molar-refractivity contribution is 0.112. The first-order chi connectivity index (χ1) is 9.31. The molecule has 0 bridgehead atoms. The molecule has 0 aliphatic carbocycles. The second-order valence-corrected chi connectivity index (χ2v) is 5.00. The topological polar surface area (TPSA) is 20.3 Å². The lowest BCUT2D eigenvalue weighted by Crippen LogP contribution is -2.25. The molecular formula is C17H17NO. The van der Waals surface area contributed by atoms with E-state index in [1.165, 1.54) is 16.9 Å². The summed E-state index contributed by atoms with van der Waals surface area (Å²) in [6.45, 7) is 3.06. The van der Waals surface area contributed by atoms with Gasteiger partial charge in [0.15, 0.2) is 0 Å². The number of aryl methyl sites for hydroxylation is 1. The van der Waals surface area contributed by atoms with Gasteiger partial charge in [-0.2, -0.15) is 0 Å². The Balaban J connectivity index is 2.16. The van der Waals surface area contributed by atoms with Gasteiger partial charge in [0, 0.05) is 23.5 Å². The van der Waals surface area contributed by atoms with Crippen LogP contribution in [-0.4, -0.2) is 12.8 Å². The van der Waals surface area contributed by atoms with Gasteiger partial charge in [-0.15, -0.1) is 0 Å². The van der Waals surface area contributed by atoms with Crippen LogP contribution in [0.4, 0.5) is 11.4 Å². The summed E-state index contributed by atoms with van der Waals surface area (Å²) in [5, 5.41) is 0. The van der Waals surface area contributed by atoms with E-state index in [9.17, 15) is 4.79 Å². The molecule has 0 aromatic heterocycles. The van der Waals surface area contributed by atoms with E-state index in [0.717, 1.165) is 36.8 Å². The SMILES string of the molecule is Cc1c(C=O)ccc2c1N(c1ccccc1)CCC2. The molecule has 1 aliphatic rings. The van der Waals surface area contributed by atoms with Crippen molar-refractivity contribution in [3.8, 4) is 0 Å². The van der Waals surface area contributed by atoms with Gasteiger partial charge >= 0.3 is 0 Å². The van der Waals surface area contributed by atoms with Crippen molar-refractivity contribution >= 4 is 17.7 Å². The first-order valence-electron chi connectivity index (χ1n) is 6.71. The molecule has 0 saturated carbocycles. The van der Waals surface area contributed by atoms with Crippen LogP contribution in [0.1, 0.15) is 27.9 Å². The Hall–Kier alpha value is -2.09. The van der Waals surface area contributed by atoms with E-state index < -0.39 is 0 Å². The van der Waals surface area contributed by atoms with Crippen molar-refractivity contribution in [2.75, 3.05) is 11.4 Å². The summed E-state index contributed by atoms with van der Waals surface area (Å²) in [5.74, 6) is 0. The number of carbonyl (C=O) groups is 1. The van der Waals surface area contributed by atoms with E-state index in [1.54, 1.807) is 0 Å². The molecule has 1 aliphatic heterocycles. The average Bonchev–Trinajstić information content (AvgIpc) is 2.48. The maximum Gasteiger partial charge on any atom is 0.150 e. The van der Waals surface area contributed by atoms with Crippen LogP contribution in [0.25, 0.3) is 0 Å². The lowest BCUT2D eigenvalue weighted by Gasteiger charge is -2.33. The summed E-state index contributed by atoms with van der Waals surface area (Å²) in [6.07, 6.45) is 3.20. The van der Waals surface area contributed by atoms with Crippen molar-refractivity contribution in [3.63, 3.8) is 0 Å². The van der Waals surface area contributed by atoms with Gasteiger partial charge in [0.2, 0.25) is 0 Å². The van der Waals surface area contributed by atoms with Crippen molar-refractivity contribution in [1.29, 1.82) is 0 Å². The van der Waals surface area contributed by atoms with E-state index in [0.29, 0.717) is 0 Å². The normalized spacial score (nSPS) is 14.1. The quantitative estimate of drug-likeness (QED) is 0.755. The molecule has 2 nitrogen and oxygen atoms in total. The number of fused-ring (bicyclic) bond motifs is 1. The first-order valence-corrected chi connectivity index (χ1v) is 6.71. The molecule has 2 aromatic rings. The second-order valence-electron chi connectivity index (χ2n) is 5.00. The fourth-order valence-corrected chi connectivity index (χ4v) is 2.88. The number of rotatable bonds is 2. The molecule has 96 valence electrons. The van der Waals surface area contributed by atoms with Crippen molar-refractivity contribution < 1.29 is 4.79 Å². The highest BCUT2D eigenvalue weighted by Gasteiger charge is 2.21. The van der Waals surface area contributed by atoms with Crippen LogP contribution in [0.3, 0.4) is 0 Å². The van der Waals surface area contributed by atoms with E-state index in [1.807, 2.05) is 19.1 Å². The van der Waals surface area contributed by atoms with Crippen LogP contribution in [0.15, 0.2) is 42.5 Å². The zero-order valence-electron chi connectivity index (χ0n) is 11.1. The molecule has 0 atom stereocenters. The van der Waals surface area contributed by atoms with Gasteiger partial charge in [-0.3, -0.25) is 4.79 Å². The first kappa shape index (κ1) is 12.0. The van der Waals surface area contributed by atoms with E-state index in [-0.39, 0.29) is 0 Å². The van der Waals surface area contributed by atoms with Crippen molar-refractivity contribution in [2.45, 2.75) is 19.8 Å². The zero-order chi connectivity index (χ0) is 13.2. The molecule has 0 spiro atoms. The number of anilines is 2. The summed E-state index contributed by atoms with van der Waals surface area (Å²) in [5.41, 5.74) is 5.66. The summed E-state index contributed by atoms with van der Waals surface area (Å²) in [6, 6.07) is 14.4. The molecule has 19 heavy (non-hydrogen) atoms. The fraction of sp³-hybridized carbons (Fsp3) is 0.235. The number of nitrogens with zero attached hydrogens (tertiary/aromatic N) is 1. The molecule has 0 amide bonds. The van der Waals surface area contributed by atoms with Gasteiger partial charge in [0.1, 0.15) is 6.29 Å². The third-order valence-corrected chi connectivity index (χ3v) is 3.85. The van der Waals surface area contributed by atoms with Gasteiger partial charge in [-0.25, -0.2) is 0 Å². The Labute approximate surface area is 113 Å². The van der Waals surface area contributed by atoms with Crippen molar-refractivity contribution in [3.05, 3.63) is 59.2 Å². The van der Waals surface area contributed by atoms with Crippen LogP contribution in [-0.2, 0) is 6.42 Å². The highest BCUT2D eigenvalue weighted by atomic mass is 16.1. The van der Waals surface area contributed by atoms with Gasteiger partial charge in [-0.1, -0.05) is 30.3 Å². The fourth-order valence-electron chi connectivity index (χ4n) is 2.88. The number of carbonyl (C=O) groups excluding carboxylic acids is 1. The number of para-hydroxylation sites is 1. The van der Waals surface area contributed by atoms with Crippen LogP contribution < -0.4 is 4.90 Å². The summed E-state index contributed by atoms with van der Waals surface area (Å²) >= 11 is 0. The average molecular weight is 251 g/mol. The van der Waals surface area contributed by atoms with Gasteiger partial charge < -0.3 is 4.90 Å². The van der Waals surface area contributed by atoms with Crippen molar-refractivity contribution in [2.24, 2.45) is 0 Å².